The van der Waals surface area contributed by atoms with Crippen LogP contribution in [-0.4, -0.2) is 36.5 Å². The molecule has 0 amide bonds. The minimum Gasteiger partial charge on any atom is -0.465 e. The van der Waals surface area contributed by atoms with E-state index in [0.29, 0.717) is 22.8 Å². The van der Waals surface area contributed by atoms with Crippen molar-refractivity contribution in [3.8, 4) is 17.0 Å². The molecule has 0 N–H and O–H groups in total. The van der Waals surface area contributed by atoms with E-state index >= 15 is 0 Å². The molecule has 3 rings (SSSR count). The minimum atomic E-state index is -4.74. The van der Waals surface area contributed by atoms with Crippen LogP contribution in [0.2, 0.25) is 0 Å². The highest BCUT2D eigenvalue weighted by molar-refractivity contribution is 5.89. The first kappa shape index (κ1) is 21.1. The van der Waals surface area contributed by atoms with E-state index < -0.39 is 12.3 Å². The Morgan fingerprint density at radius 1 is 1.03 bits per heavy atom. The third kappa shape index (κ3) is 4.86. The fourth-order valence-corrected chi connectivity index (χ4v) is 2.76. The van der Waals surface area contributed by atoms with Gasteiger partial charge in [0.25, 0.3) is 0 Å². The lowest BCUT2D eigenvalue weighted by atomic mass is 10.1. The Morgan fingerprint density at radius 3 is 2.23 bits per heavy atom. The van der Waals surface area contributed by atoms with Gasteiger partial charge in [-0.1, -0.05) is 0 Å². The van der Waals surface area contributed by atoms with Gasteiger partial charge in [-0.25, -0.2) is 14.8 Å². The lowest BCUT2D eigenvalue weighted by Crippen LogP contribution is -2.17. The van der Waals surface area contributed by atoms with Crippen LogP contribution in [-0.2, 0) is 4.74 Å². The molecule has 1 aromatic heterocycles. The molecule has 2 aromatic carbocycles. The summed E-state index contributed by atoms with van der Waals surface area (Å²) in [6.07, 6.45) is -3.11. The van der Waals surface area contributed by atoms with Crippen LogP contribution < -0.4 is 9.64 Å². The van der Waals surface area contributed by atoms with Gasteiger partial charge >= 0.3 is 12.3 Å². The molecule has 1 heterocycles. The number of aromatic nitrogens is 2. The maximum absolute atomic E-state index is 12.3. The number of esters is 1. The molecular weight excluding hydrogens is 399 g/mol. The third-order valence-corrected chi connectivity index (χ3v) is 4.30. The second-order valence-corrected chi connectivity index (χ2v) is 6.37. The number of nitrogens with zero attached hydrogens (tertiary/aromatic N) is 3. The number of carbonyl (C=O) groups excluding carboxylic acids is 1. The molecule has 0 fully saturated rings. The van der Waals surface area contributed by atoms with E-state index in [2.05, 4.69) is 19.4 Å². The fourth-order valence-electron chi connectivity index (χ4n) is 2.76. The molecule has 0 radical (unpaired) electrons. The summed E-state index contributed by atoms with van der Waals surface area (Å²) in [6.45, 7) is 1.81. The van der Waals surface area contributed by atoms with Crippen LogP contribution in [0, 0.1) is 6.92 Å². The van der Waals surface area contributed by atoms with Gasteiger partial charge in [0.2, 0.25) is 5.95 Å². The first-order valence-electron chi connectivity index (χ1n) is 8.80. The zero-order valence-electron chi connectivity index (χ0n) is 16.4. The second kappa shape index (κ2) is 8.40. The molecular formula is C21H18F3N3O3. The zero-order chi connectivity index (χ0) is 21.9. The summed E-state index contributed by atoms with van der Waals surface area (Å²) < 4.78 is 45.6. The number of hydrogen-bond acceptors (Lipinski definition) is 6. The number of carbonyl (C=O) groups is 1. The summed E-state index contributed by atoms with van der Waals surface area (Å²) in [5, 5.41) is 0. The van der Waals surface area contributed by atoms with E-state index in [-0.39, 0.29) is 5.75 Å². The van der Waals surface area contributed by atoms with Crippen LogP contribution in [0.25, 0.3) is 11.3 Å². The Kier molecular flexibility index (Phi) is 5.91. The molecule has 0 aliphatic heterocycles. The zero-order valence-corrected chi connectivity index (χ0v) is 16.4. The topological polar surface area (TPSA) is 64.5 Å². The number of halogens is 3. The van der Waals surface area contributed by atoms with Gasteiger partial charge in [0.1, 0.15) is 5.75 Å². The Hall–Kier alpha value is -3.62. The van der Waals surface area contributed by atoms with Crippen LogP contribution in [0.15, 0.2) is 54.7 Å². The van der Waals surface area contributed by atoms with E-state index in [1.807, 2.05) is 6.92 Å². The van der Waals surface area contributed by atoms with Gasteiger partial charge in [-0.2, -0.15) is 0 Å². The number of alkyl halides is 3. The Balaban J connectivity index is 1.87. The number of hydrogen-bond donors (Lipinski definition) is 0. The van der Waals surface area contributed by atoms with E-state index in [1.165, 1.54) is 31.4 Å². The fraction of sp³-hybridized carbons (Fsp3) is 0.190. The van der Waals surface area contributed by atoms with Crippen molar-refractivity contribution < 1.29 is 27.4 Å². The van der Waals surface area contributed by atoms with Crippen LogP contribution >= 0.6 is 0 Å². The Labute approximate surface area is 170 Å². The molecule has 30 heavy (non-hydrogen) atoms. The van der Waals surface area contributed by atoms with Crippen molar-refractivity contribution in [1.29, 1.82) is 0 Å². The summed E-state index contributed by atoms with van der Waals surface area (Å²) in [6, 6.07) is 12.2. The van der Waals surface area contributed by atoms with E-state index in [4.69, 9.17) is 0 Å². The first-order valence-corrected chi connectivity index (χ1v) is 8.80. The summed E-state index contributed by atoms with van der Waals surface area (Å²) in [7, 11) is 3.08. The molecule has 6 nitrogen and oxygen atoms in total. The van der Waals surface area contributed by atoms with Crippen molar-refractivity contribution in [3.05, 3.63) is 65.9 Å². The monoisotopic (exact) mass is 417 g/mol. The molecule has 0 aliphatic rings. The minimum absolute atomic E-state index is 0.305. The lowest BCUT2D eigenvalue weighted by Gasteiger charge is -2.19. The predicted octanol–water partition coefficient (Wildman–Crippen LogP) is 4.91. The van der Waals surface area contributed by atoms with Crippen LogP contribution in [0.4, 0.5) is 24.8 Å². The van der Waals surface area contributed by atoms with Gasteiger partial charge in [0.15, 0.2) is 0 Å². The molecule has 156 valence electrons. The van der Waals surface area contributed by atoms with Crippen LogP contribution in [0.1, 0.15) is 15.9 Å². The van der Waals surface area contributed by atoms with Crippen molar-refractivity contribution in [2.45, 2.75) is 13.3 Å². The maximum atomic E-state index is 12.3. The normalized spacial score (nSPS) is 11.1. The summed E-state index contributed by atoms with van der Waals surface area (Å²) in [4.78, 5) is 22.2. The average Bonchev–Trinajstić information content (AvgIpc) is 2.73. The number of ether oxygens (including phenoxy) is 2. The first-order chi connectivity index (χ1) is 14.2. The number of anilines is 2. The van der Waals surface area contributed by atoms with Crippen LogP contribution in [0.5, 0.6) is 5.75 Å². The summed E-state index contributed by atoms with van der Waals surface area (Å²) in [5.74, 6) is -0.353. The summed E-state index contributed by atoms with van der Waals surface area (Å²) in [5.41, 5.74) is 3.13. The highest BCUT2D eigenvalue weighted by Crippen LogP contribution is 2.29. The van der Waals surface area contributed by atoms with Crippen molar-refractivity contribution >= 4 is 17.6 Å². The number of aryl methyl sites for hydroxylation is 1. The standard InChI is InChI=1S/C21H18F3N3O3/c1-13-12-25-20(27(2)16-8-4-15(5-9-16)19(28)29-3)26-18(13)14-6-10-17(11-7-14)30-21(22,23)24/h4-12H,1-3H3. The molecule has 9 heteroatoms. The van der Waals surface area contributed by atoms with Gasteiger partial charge in [0, 0.05) is 24.5 Å². The van der Waals surface area contributed by atoms with Crippen LogP contribution in [0.3, 0.4) is 0 Å². The lowest BCUT2D eigenvalue weighted by molar-refractivity contribution is -0.274. The molecule has 0 atom stereocenters. The van der Waals surface area contributed by atoms with E-state index in [9.17, 15) is 18.0 Å². The van der Waals surface area contributed by atoms with E-state index in [1.54, 1.807) is 42.4 Å². The number of rotatable bonds is 5. The number of methoxy groups -OCH3 is 1. The smallest absolute Gasteiger partial charge is 0.465 e. The van der Waals surface area contributed by atoms with Crippen molar-refractivity contribution in [3.63, 3.8) is 0 Å². The Bertz CT molecular complexity index is 1040. The van der Waals surface area contributed by atoms with Gasteiger partial charge in [-0.05, 0) is 61.0 Å². The Morgan fingerprint density at radius 2 is 1.67 bits per heavy atom. The highest BCUT2D eigenvalue weighted by atomic mass is 19.4. The quantitative estimate of drug-likeness (QED) is 0.550. The predicted molar refractivity (Wildman–Crippen MR) is 105 cm³/mol. The van der Waals surface area contributed by atoms with Crippen molar-refractivity contribution in [1.82, 2.24) is 9.97 Å². The molecule has 0 saturated heterocycles. The molecule has 3 aromatic rings. The molecule has 0 bridgehead atoms. The molecule has 0 saturated carbocycles. The molecule has 0 aliphatic carbocycles. The highest BCUT2D eigenvalue weighted by Gasteiger charge is 2.31. The summed E-state index contributed by atoms with van der Waals surface area (Å²) >= 11 is 0. The van der Waals surface area contributed by atoms with Crippen molar-refractivity contribution in [2.24, 2.45) is 0 Å². The van der Waals surface area contributed by atoms with Gasteiger partial charge < -0.3 is 14.4 Å². The van der Waals surface area contributed by atoms with Gasteiger partial charge in [-0.3, -0.25) is 0 Å². The SMILES string of the molecule is COC(=O)c1ccc(N(C)c2ncc(C)c(-c3ccc(OC(F)(F)F)cc3)n2)cc1. The van der Waals surface area contributed by atoms with Gasteiger partial charge in [0.05, 0.1) is 18.4 Å². The largest absolute Gasteiger partial charge is 0.573 e. The average molecular weight is 417 g/mol. The molecule has 0 spiro atoms. The molecule has 0 unspecified atom stereocenters. The van der Waals surface area contributed by atoms with Crippen molar-refractivity contribution in [2.75, 3.05) is 19.1 Å². The maximum Gasteiger partial charge on any atom is 0.573 e. The third-order valence-electron chi connectivity index (χ3n) is 4.30. The van der Waals surface area contributed by atoms with E-state index in [0.717, 1.165) is 11.3 Å². The number of benzene rings is 2. The van der Waals surface area contributed by atoms with Gasteiger partial charge in [-0.15, -0.1) is 13.2 Å². The second-order valence-electron chi connectivity index (χ2n) is 6.37.